The highest BCUT2D eigenvalue weighted by Gasteiger charge is 2.34. The van der Waals surface area contributed by atoms with Crippen LogP contribution in [0.4, 0.5) is 18.3 Å². The number of nitrogens with zero attached hydrogens (tertiary/aromatic N) is 1. The molecule has 80 valence electrons. The molecular weight excluding hydrogens is 293 g/mol. The Hall–Kier alpha value is -0.820. The summed E-state index contributed by atoms with van der Waals surface area (Å²) < 4.78 is 38.3. The van der Waals surface area contributed by atoms with Gasteiger partial charge in [-0.2, -0.15) is 13.2 Å². The third-order valence-electron chi connectivity index (χ3n) is 1.82. The van der Waals surface area contributed by atoms with E-state index < -0.39 is 11.7 Å². The lowest BCUT2D eigenvalue weighted by Gasteiger charge is -2.07. The van der Waals surface area contributed by atoms with E-state index in [1.807, 2.05) is 0 Å². The van der Waals surface area contributed by atoms with Gasteiger partial charge < -0.3 is 5.73 Å². The molecule has 0 radical (unpaired) electrons. The average Bonchev–Trinajstić information content (AvgIpc) is 2.45. The van der Waals surface area contributed by atoms with E-state index in [2.05, 4.69) is 20.9 Å². The van der Waals surface area contributed by atoms with Gasteiger partial charge in [0.25, 0.3) is 0 Å². The first-order valence-electron chi connectivity index (χ1n) is 3.81. The molecule has 0 amide bonds. The van der Waals surface area contributed by atoms with Gasteiger partial charge in [-0.1, -0.05) is 11.3 Å². The quantitative estimate of drug-likeness (QED) is 0.806. The minimum atomic E-state index is -4.38. The van der Waals surface area contributed by atoms with Crippen LogP contribution in [-0.4, -0.2) is 4.98 Å². The molecule has 0 spiro atoms. The van der Waals surface area contributed by atoms with Crippen molar-refractivity contribution in [2.75, 3.05) is 5.73 Å². The molecule has 0 unspecified atom stereocenters. The summed E-state index contributed by atoms with van der Waals surface area (Å²) in [7, 11) is 0. The molecule has 0 aliphatic heterocycles. The standard InChI is InChI=1S/C8H4BrF3N2S/c9-4-2-1-3(8(10,11)12)6-5(4)14-7(13)15-6/h1-2H,(H2,13,14). The third-order valence-corrected chi connectivity index (χ3v) is 3.37. The Bertz CT molecular complexity index is 520. The van der Waals surface area contributed by atoms with Crippen molar-refractivity contribution >= 4 is 42.6 Å². The summed E-state index contributed by atoms with van der Waals surface area (Å²) in [5.41, 5.74) is 4.95. The number of hydrogen-bond donors (Lipinski definition) is 1. The molecule has 0 aliphatic rings. The molecule has 1 aromatic carbocycles. The summed E-state index contributed by atoms with van der Waals surface area (Å²) in [5, 5.41) is 0.127. The fourth-order valence-corrected chi connectivity index (χ4v) is 2.66. The summed E-state index contributed by atoms with van der Waals surface area (Å²) in [4.78, 5) is 3.84. The number of fused-ring (bicyclic) bond motifs is 1. The van der Waals surface area contributed by atoms with Gasteiger partial charge in [0.1, 0.15) is 0 Å². The monoisotopic (exact) mass is 296 g/mol. The maximum absolute atomic E-state index is 12.6. The average molecular weight is 297 g/mol. The zero-order valence-corrected chi connectivity index (χ0v) is 9.50. The van der Waals surface area contributed by atoms with E-state index in [1.165, 1.54) is 6.07 Å². The van der Waals surface area contributed by atoms with Crippen molar-refractivity contribution in [2.45, 2.75) is 6.18 Å². The zero-order chi connectivity index (χ0) is 11.2. The maximum atomic E-state index is 12.6. The molecule has 2 nitrogen and oxygen atoms in total. The number of nitrogen functional groups attached to an aromatic ring is 1. The van der Waals surface area contributed by atoms with E-state index in [0.29, 0.717) is 4.47 Å². The van der Waals surface area contributed by atoms with E-state index in [1.54, 1.807) is 0 Å². The number of aromatic nitrogens is 1. The molecule has 1 aromatic heterocycles. The molecule has 0 saturated carbocycles. The Morgan fingerprint density at radius 3 is 2.60 bits per heavy atom. The van der Waals surface area contributed by atoms with Crippen molar-refractivity contribution in [1.82, 2.24) is 4.98 Å². The van der Waals surface area contributed by atoms with Crippen molar-refractivity contribution in [3.8, 4) is 0 Å². The molecule has 2 N–H and O–H groups in total. The van der Waals surface area contributed by atoms with Crippen LogP contribution in [-0.2, 0) is 6.18 Å². The summed E-state index contributed by atoms with van der Waals surface area (Å²) in [5.74, 6) is 0. The number of thiazole rings is 1. The number of rotatable bonds is 0. The largest absolute Gasteiger partial charge is 0.417 e. The van der Waals surface area contributed by atoms with Crippen LogP contribution in [0.25, 0.3) is 10.2 Å². The van der Waals surface area contributed by atoms with Crippen LogP contribution in [0.1, 0.15) is 5.56 Å². The Morgan fingerprint density at radius 2 is 2.00 bits per heavy atom. The van der Waals surface area contributed by atoms with Crippen molar-refractivity contribution < 1.29 is 13.2 Å². The van der Waals surface area contributed by atoms with Crippen LogP contribution >= 0.6 is 27.3 Å². The maximum Gasteiger partial charge on any atom is 0.417 e. The van der Waals surface area contributed by atoms with Gasteiger partial charge in [-0.05, 0) is 28.1 Å². The van der Waals surface area contributed by atoms with Gasteiger partial charge in [-0.25, -0.2) is 4.98 Å². The molecule has 0 aliphatic carbocycles. The minimum Gasteiger partial charge on any atom is -0.375 e. The summed E-state index contributed by atoms with van der Waals surface area (Å²) in [6, 6.07) is 2.34. The van der Waals surface area contributed by atoms with Crippen molar-refractivity contribution in [1.29, 1.82) is 0 Å². The lowest BCUT2D eigenvalue weighted by molar-refractivity contribution is -0.136. The number of alkyl halides is 3. The van der Waals surface area contributed by atoms with Crippen LogP contribution in [0.2, 0.25) is 0 Å². The molecule has 2 rings (SSSR count). The highest BCUT2D eigenvalue weighted by Crippen LogP contribution is 2.40. The molecule has 1 heterocycles. The van der Waals surface area contributed by atoms with E-state index in [-0.39, 0.29) is 15.3 Å². The summed E-state index contributed by atoms with van der Waals surface area (Å²) in [6.45, 7) is 0. The SMILES string of the molecule is Nc1nc2c(Br)ccc(C(F)(F)F)c2s1. The van der Waals surface area contributed by atoms with E-state index >= 15 is 0 Å². The first-order chi connectivity index (χ1) is 6.89. The van der Waals surface area contributed by atoms with Crippen molar-refractivity contribution in [2.24, 2.45) is 0 Å². The topological polar surface area (TPSA) is 38.9 Å². The number of anilines is 1. The highest BCUT2D eigenvalue weighted by molar-refractivity contribution is 9.10. The van der Waals surface area contributed by atoms with E-state index in [9.17, 15) is 13.2 Å². The number of halogens is 4. The molecular formula is C8H4BrF3N2S. The Balaban J connectivity index is 2.83. The Labute approximate surface area is 95.0 Å². The summed E-state index contributed by atoms with van der Waals surface area (Å²) in [6.07, 6.45) is -4.38. The van der Waals surface area contributed by atoms with Crippen LogP contribution in [0, 0.1) is 0 Å². The van der Waals surface area contributed by atoms with Gasteiger partial charge >= 0.3 is 6.18 Å². The van der Waals surface area contributed by atoms with Crippen molar-refractivity contribution in [3.05, 3.63) is 22.2 Å². The third kappa shape index (κ3) is 1.81. The molecule has 2 aromatic rings. The lowest BCUT2D eigenvalue weighted by Crippen LogP contribution is -2.04. The normalized spacial score (nSPS) is 12.3. The molecule has 0 fully saturated rings. The number of benzene rings is 1. The predicted octanol–water partition coefficient (Wildman–Crippen LogP) is 3.66. The highest BCUT2D eigenvalue weighted by atomic mass is 79.9. The Kier molecular flexibility index (Phi) is 2.38. The second-order valence-electron chi connectivity index (χ2n) is 2.82. The molecule has 0 saturated heterocycles. The molecule has 7 heteroatoms. The zero-order valence-electron chi connectivity index (χ0n) is 7.10. The predicted molar refractivity (Wildman–Crippen MR) is 56.7 cm³/mol. The van der Waals surface area contributed by atoms with Crippen molar-refractivity contribution in [3.63, 3.8) is 0 Å². The van der Waals surface area contributed by atoms with E-state index in [0.717, 1.165) is 17.4 Å². The van der Waals surface area contributed by atoms with Gasteiger partial charge in [0.2, 0.25) is 0 Å². The van der Waals surface area contributed by atoms with Crippen LogP contribution < -0.4 is 5.73 Å². The van der Waals surface area contributed by atoms with Crippen LogP contribution in [0.5, 0.6) is 0 Å². The smallest absolute Gasteiger partial charge is 0.375 e. The second-order valence-corrected chi connectivity index (χ2v) is 4.71. The summed E-state index contributed by atoms with van der Waals surface area (Å²) >= 11 is 3.97. The number of hydrogen-bond acceptors (Lipinski definition) is 3. The lowest BCUT2D eigenvalue weighted by atomic mass is 10.2. The van der Waals surface area contributed by atoms with Gasteiger partial charge in [-0.15, -0.1) is 0 Å². The van der Waals surface area contributed by atoms with Gasteiger partial charge in [0.05, 0.1) is 15.8 Å². The fourth-order valence-electron chi connectivity index (χ4n) is 1.22. The molecule has 0 bridgehead atoms. The fraction of sp³-hybridized carbons (Fsp3) is 0.125. The van der Waals surface area contributed by atoms with Crippen LogP contribution in [0.3, 0.4) is 0 Å². The molecule has 15 heavy (non-hydrogen) atoms. The second kappa shape index (κ2) is 3.34. The first kappa shape index (κ1) is 10.7. The Morgan fingerprint density at radius 1 is 1.33 bits per heavy atom. The van der Waals surface area contributed by atoms with Gasteiger partial charge in [0.15, 0.2) is 5.13 Å². The van der Waals surface area contributed by atoms with Gasteiger partial charge in [-0.3, -0.25) is 0 Å². The van der Waals surface area contributed by atoms with Gasteiger partial charge in [0, 0.05) is 4.47 Å². The van der Waals surface area contributed by atoms with Crippen LogP contribution in [0.15, 0.2) is 16.6 Å². The van der Waals surface area contributed by atoms with E-state index in [4.69, 9.17) is 5.73 Å². The molecule has 0 atom stereocenters. The number of nitrogens with two attached hydrogens (primary N) is 1. The minimum absolute atomic E-state index is 0.0642. The first-order valence-corrected chi connectivity index (χ1v) is 5.42.